The lowest BCUT2D eigenvalue weighted by molar-refractivity contribution is -0.146. The summed E-state index contributed by atoms with van der Waals surface area (Å²) < 4.78 is 5.11. The maximum absolute atomic E-state index is 13.5. The van der Waals surface area contributed by atoms with Crippen molar-refractivity contribution < 1.29 is 24.2 Å². The third-order valence-electron chi connectivity index (χ3n) is 4.70. The molecule has 0 aliphatic carbocycles. The second-order valence-electron chi connectivity index (χ2n) is 6.81. The van der Waals surface area contributed by atoms with E-state index >= 15 is 0 Å². The number of para-hydroxylation sites is 1. The lowest BCUT2D eigenvalue weighted by Gasteiger charge is -2.31. The van der Waals surface area contributed by atoms with E-state index in [-0.39, 0.29) is 31.5 Å². The zero-order chi connectivity index (χ0) is 21.5. The van der Waals surface area contributed by atoms with Crippen LogP contribution in [0.4, 0.5) is 5.69 Å². The van der Waals surface area contributed by atoms with Gasteiger partial charge in [-0.15, -0.1) is 24.2 Å². The van der Waals surface area contributed by atoms with Crippen LogP contribution < -0.4 is 4.90 Å². The number of halogens is 1. The summed E-state index contributed by atoms with van der Waals surface area (Å²) in [6, 6.07) is 16.1. The molecule has 166 valence electrons. The molecule has 1 amide bonds. The molecule has 0 radical (unpaired) electrons. The number of thioether (sulfide) groups is 1. The highest BCUT2D eigenvalue weighted by Crippen LogP contribution is 2.35. The lowest BCUT2D eigenvalue weighted by Crippen LogP contribution is -2.52. The van der Waals surface area contributed by atoms with Crippen LogP contribution in [0.3, 0.4) is 0 Å². The zero-order valence-corrected chi connectivity index (χ0v) is 18.7. The van der Waals surface area contributed by atoms with Gasteiger partial charge in [-0.2, -0.15) is 0 Å². The van der Waals surface area contributed by atoms with Crippen molar-refractivity contribution in [3.63, 3.8) is 0 Å². The van der Waals surface area contributed by atoms with E-state index in [1.165, 1.54) is 16.7 Å². The van der Waals surface area contributed by atoms with E-state index in [2.05, 4.69) is 0 Å². The van der Waals surface area contributed by atoms with Crippen molar-refractivity contribution in [3.8, 4) is 0 Å². The molecule has 2 aromatic carbocycles. The summed E-state index contributed by atoms with van der Waals surface area (Å²) in [5.41, 5.74) is 1.53. The first-order valence-electron chi connectivity index (χ1n) is 9.68. The number of nitrogens with zero attached hydrogens (tertiary/aromatic N) is 2. The molecule has 0 unspecified atom stereocenters. The van der Waals surface area contributed by atoms with Gasteiger partial charge in [-0.25, -0.2) is 0 Å². The quantitative estimate of drug-likeness (QED) is 0.600. The first kappa shape index (κ1) is 24.7. The maximum atomic E-state index is 13.5. The van der Waals surface area contributed by atoms with Crippen LogP contribution in [0.5, 0.6) is 0 Å². The molecule has 7 nitrogen and oxygen atoms in total. The van der Waals surface area contributed by atoms with Gasteiger partial charge in [0, 0.05) is 17.2 Å². The molecule has 0 bridgehead atoms. The second kappa shape index (κ2) is 11.7. The van der Waals surface area contributed by atoms with Crippen LogP contribution in [-0.4, -0.2) is 59.3 Å². The molecule has 1 N–H and O–H groups in total. The molecule has 0 fully saturated rings. The minimum absolute atomic E-state index is 0. The lowest BCUT2D eigenvalue weighted by atomic mass is 10.1. The highest BCUT2D eigenvalue weighted by molar-refractivity contribution is 7.99. The van der Waals surface area contributed by atoms with Gasteiger partial charge in [0.15, 0.2) is 0 Å². The number of rotatable bonds is 8. The highest BCUT2D eigenvalue weighted by Gasteiger charge is 2.36. The molecule has 1 aliphatic rings. The Morgan fingerprint density at radius 2 is 1.84 bits per heavy atom. The second-order valence-corrected chi connectivity index (χ2v) is 7.87. The molecule has 31 heavy (non-hydrogen) atoms. The van der Waals surface area contributed by atoms with Gasteiger partial charge in [-0.1, -0.05) is 42.5 Å². The van der Waals surface area contributed by atoms with E-state index in [0.717, 1.165) is 10.5 Å². The molecule has 3 rings (SSSR count). The summed E-state index contributed by atoms with van der Waals surface area (Å²) >= 11 is 1.48. The molecule has 0 saturated carbocycles. The Labute approximate surface area is 191 Å². The number of aliphatic carboxylic acids is 1. The molecule has 1 aliphatic heterocycles. The van der Waals surface area contributed by atoms with Crippen LogP contribution in [-0.2, 0) is 25.7 Å². The Hall–Kier alpha value is -2.55. The molecule has 1 atom stereocenters. The van der Waals surface area contributed by atoms with Crippen molar-refractivity contribution in [1.82, 2.24) is 4.90 Å². The molecule has 0 aromatic heterocycles. The van der Waals surface area contributed by atoms with Crippen LogP contribution >= 0.6 is 24.2 Å². The number of carboxylic acid groups (broad SMARTS) is 1. The minimum Gasteiger partial charge on any atom is -0.480 e. The fraction of sp³-hybridized carbons (Fsp3) is 0.318. The molecular formula is C22H25ClN2O5S. The average Bonchev–Trinajstić information content (AvgIpc) is 2.85. The van der Waals surface area contributed by atoms with Gasteiger partial charge in [-0.05, 0) is 24.6 Å². The van der Waals surface area contributed by atoms with Gasteiger partial charge in [0.2, 0.25) is 5.91 Å². The Morgan fingerprint density at radius 1 is 1.16 bits per heavy atom. The van der Waals surface area contributed by atoms with Crippen molar-refractivity contribution in [2.75, 3.05) is 30.3 Å². The first-order valence-corrected chi connectivity index (χ1v) is 10.7. The molecule has 9 heteroatoms. The monoisotopic (exact) mass is 464 g/mol. The number of anilines is 1. The Balaban J connectivity index is 0.00000341. The largest absolute Gasteiger partial charge is 0.480 e. The fourth-order valence-electron chi connectivity index (χ4n) is 3.37. The smallest absolute Gasteiger partial charge is 0.323 e. The van der Waals surface area contributed by atoms with Crippen LogP contribution in [0.25, 0.3) is 0 Å². The van der Waals surface area contributed by atoms with Crippen molar-refractivity contribution in [2.24, 2.45) is 0 Å². The number of ether oxygens (including phenoxy) is 1. The van der Waals surface area contributed by atoms with Gasteiger partial charge >= 0.3 is 11.9 Å². The van der Waals surface area contributed by atoms with E-state index in [0.29, 0.717) is 18.0 Å². The number of hydrogen-bond acceptors (Lipinski definition) is 6. The summed E-state index contributed by atoms with van der Waals surface area (Å²) in [6.45, 7) is 1.86. The van der Waals surface area contributed by atoms with E-state index in [9.17, 15) is 19.5 Å². The molecular weight excluding hydrogens is 440 g/mol. The Kier molecular flexibility index (Phi) is 9.36. The van der Waals surface area contributed by atoms with E-state index < -0.39 is 24.5 Å². The van der Waals surface area contributed by atoms with Gasteiger partial charge < -0.3 is 9.84 Å². The molecule has 1 heterocycles. The molecule has 0 saturated heterocycles. The number of amides is 1. The van der Waals surface area contributed by atoms with Crippen molar-refractivity contribution in [1.29, 1.82) is 0 Å². The van der Waals surface area contributed by atoms with Crippen LogP contribution in [0, 0.1) is 0 Å². The molecule has 0 spiro atoms. The SMILES string of the molecule is CCOC(=O)CN(Cc1ccccc1)[C@H]1CSc2ccccc2N(CC(=O)O)C1=O.Cl. The maximum Gasteiger partial charge on any atom is 0.323 e. The number of hydrogen-bond donors (Lipinski definition) is 1. The third kappa shape index (κ3) is 6.46. The van der Waals surface area contributed by atoms with Crippen LogP contribution in [0.2, 0.25) is 0 Å². The average molecular weight is 465 g/mol. The van der Waals surface area contributed by atoms with E-state index in [4.69, 9.17) is 4.74 Å². The summed E-state index contributed by atoms with van der Waals surface area (Å²) in [5.74, 6) is -1.45. The van der Waals surface area contributed by atoms with Gasteiger partial charge in [0.1, 0.15) is 6.54 Å². The highest BCUT2D eigenvalue weighted by atomic mass is 35.5. The predicted octanol–water partition coefficient (Wildman–Crippen LogP) is 3.07. The standard InChI is InChI=1S/C22H24N2O5S.ClH/c1-2-29-21(27)14-23(12-16-8-4-3-5-9-16)18-15-30-19-11-7-6-10-17(19)24(22(18)28)13-20(25)26;/h3-11,18H,2,12-15H2,1H3,(H,25,26);1H/t18-;/m0./s1. The fourth-order valence-corrected chi connectivity index (χ4v) is 4.56. The van der Waals surface area contributed by atoms with Crippen LogP contribution in [0.15, 0.2) is 59.5 Å². The zero-order valence-electron chi connectivity index (χ0n) is 17.1. The normalized spacial score (nSPS) is 15.6. The van der Waals surface area contributed by atoms with Gasteiger partial charge in [-0.3, -0.25) is 24.2 Å². The number of esters is 1. The summed E-state index contributed by atoms with van der Waals surface area (Å²) in [7, 11) is 0. The minimum atomic E-state index is -1.09. The Bertz CT molecular complexity index is 912. The van der Waals surface area contributed by atoms with E-state index in [1.807, 2.05) is 42.5 Å². The van der Waals surface area contributed by atoms with Crippen molar-refractivity contribution >= 4 is 47.7 Å². The summed E-state index contributed by atoms with van der Waals surface area (Å²) in [5, 5.41) is 9.39. The number of carboxylic acids is 1. The van der Waals surface area contributed by atoms with Crippen molar-refractivity contribution in [3.05, 3.63) is 60.2 Å². The van der Waals surface area contributed by atoms with Gasteiger partial charge in [0.25, 0.3) is 0 Å². The summed E-state index contributed by atoms with van der Waals surface area (Å²) in [6.07, 6.45) is 0. The van der Waals surface area contributed by atoms with E-state index in [1.54, 1.807) is 24.0 Å². The number of carbonyl (C=O) groups is 3. The van der Waals surface area contributed by atoms with Crippen LogP contribution in [0.1, 0.15) is 12.5 Å². The number of carbonyl (C=O) groups excluding carboxylic acids is 2. The van der Waals surface area contributed by atoms with Gasteiger partial charge in [0.05, 0.1) is 24.9 Å². The third-order valence-corrected chi connectivity index (χ3v) is 5.84. The van der Waals surface area contributed by atoms with Crippen molar-refractivity contribution in [2.45, 2.75) is 24.4 Å². The first-order chi connectivity index (χ1) is 14.5. The predicted molar refractivity (Wildman–Crippen MR) is 122 cm³/mol. The topological polar surface area (TPSA) is 87.2 Å². The summed E-state index contributed by atoms with van der Waals surface area (Å²) in [4.78, 5) is 41.1. The molecule has 2 aromatic rings. The Morgan fingerprint density at radius 3 is 2.52 bits per heavy atom. The number of fused-ring (bicyclic) bond motifs is 1. The number of benzene rings is 2.